The molecule has 1 aliphatic carbocycles. The first-order valence-corrected chi connectivity index (χ1v) is 8.56. The molecule has 1 saturated carbocycles. The molecule has 3 atom stereocenters. The van der Waals surface area contributed by atoms with E-state index >= 15 is 0 Å². The van der Waals surface area contributed by atoms with Gasteiger partial charge in [0.25, 0.3) is 0 Å². The average Bonchev–Trinajstić information content (AvgIpc) is 3.11. The number of methoxy groups -OCH3 is 1. The van der Waals surface area contributed by atoms with Gasteiger partial charge in [0.05, 0.1) is 17.7 Å². The van der Waals surface area contributed by atoms with Crippen molar-refractivity contribution >= 4 is 5.91 Å². The fourth-order valence-corrected chi connectivity index (χ4v) is 4.16. The lowest BCUT2D eigenvalue weighted by Crippen LogP contribution is -2.52. The number of aliphatic hydroxyl groups is 1. The molecular weight excluding hydrogens is 294 g/mol. The monoisotopic (exact) mass is 321 g/mol. The summed E-state index contributed by atoms with van der Waals surface area (Å²) in [6, 6.07) is 0.0266. The van der Waals surface area contributed by atoms with E-state index in [9.17, 15) is 9.90 Å². The number of aryl methyl sites for hydroxylation is 2. The highest BCUT2D eigenvalue weighted by molar-refractivity contribution is 5.77. The van der Waals surface area contributed by atoms with Crippen LogP contribution in [0.4, 0.5) is 0 Å². The predicted octanol–water partition coefficient (Wildman–Crippen LogP) is 1.50. The Kier molecular flexibility index (Phi) is 4.73. The molecule has 0 unspecified atom stereocenters. The fourth-order valence-electron chi connectivity index (χ4n) is 4.16. The molecule has 1 aliphatic heterocycles. The van der Waals surface area contributed by atoms with Crippen molar-refractivity contribution in [3.05, 3.63) is 18.2 Å². The number of hydrogen-bond donors (Lipinski definition) is 1. The maximum absolute atomic E-state index is 12.6. The summed E-state index contributed by atoms with van der Waals surface area (Å²) in [5.74, 6) is 1.16. The van der Waals surface area contributed by atoms with Crippen LogP contribution in [0.3, 0.4) is 0 Å². The summed E-state index contributed by atoms with van der Waals surface area (Å²) in [5, 5.41) is 9.99. The first-order chi connectivity index (χ1) is 11.1. The Morgan fingerprint density at radius 3 is 3.04 bits per heavy atom. The molecule has 6 nitrogen and oxygen atoms in total. The van der Waals surface area contributed by atoms with Crippen LogP contribution in [-0.2, 0) is 16.1 Å². The van der Waals surface area contributed by atoms with Gasteiger partial charge in [-0.1, -0.05) is 0 Å². The molecule has 2 aliphatic rings. The van der Waals surface area contributed by atoms with Crippen LogP contribution in [0.2, 0.25) is 0 Å². The molecule has 0 spiro atoms. The molecule has 23 heavy (non-hydrogen) atoms. The van der Waals surface area contributed by atoms with E-state index in [1.165, 1.54) is 0 Å². The standard InChI is InChI=1S/C17H27N3O3/c1-13-18-8-11-19(13)9-3-4-16(22)20-10-7-17(23-2)6-5-14(21)12-15(17)20/h8,11,14-15,21H,3-7,9-10,12H2,1-2H3/t14-,15+,17-/m1/s1. The number of ether oxygens (including phenoxy) is 1. The Balaban J connectivity index is 1.58. The van der Waals surface area contributed by atoms with E-state index in [1.54, 1.807) is 13.3 Å². The van der Waals surface area contributed by atoms with Gasteiger partial charge in [-0.25, -0.2) is 4.98 Å². The van der Waals surface area contributed by atoms with E-state index < -0.39 is 0 Å². The number of amides is 1. The summed E-state index contributed by atoms with van der Waals surface area (Å²) in [5.41, 5.74) is -0.240. The van der Waals surface area contributed by atoms with Gasteiger partial charge in [-0.05, 0) is 39.0 Å². The third-order valence-corrected chi connectivity index (χ3v) is 5.60. The number of hydrogen-bond acceptors (Lipinski definition) is 4. The molecule has 1 amide bonds. The van der Waals surface area contributed by atoms with Crippen molar-refractivity contribution in [1.82, 2.24) is 14.5 Å². The Labute approximate surface area is 137 Å². The summed E-state index contributed by atoms with van der Waals surface area (Å²) in [4.78, 5) is 18.8. The molecule has 128 valence electrons. The number of imidazole rings is 1. The van der Waals surface area contributed by atoms with Crippen molar-refractivity contribution in [2.75, 3.05) is 13.7 Å². The highest BCUT2D eigenvalue weighted by Gasteiger charge is 2.52. The fraction of sp³-hybridized carbons (Fsp3) is 0.765. The number of carbonyl (C=O) groups is 1. The number of likely N-dealkylation sites (tertiary alicyclic amines) is 1. The largest absolute Gasteiger partial charge is 0.393 e. The number of carbonyl (C=O) groups excluding carboxylic acids is 1. The zero-order chi connectivity index (χ0) is 16.4. The van der Waals surface area contributed by atoms with Crippen LogP contribution in [-0.4, -0.2) is 56.9 Å². The quantitative estimate of drug-likeness (QED) is 0.892. The van der Waals surface area contributed by atoms with Gasteiger partial charge in [0.1, 0.15) is 5.82 Å². The van der Waals surface area contributed by atoms with Crippen molar-refractivity contribution in [2.24, 2.45) is 0 Å². The number of aliphatic hydroxyl groups excluding tert-OH is 1. The number of rotatable bonds is 5. The predicted molar refractivity (Wildman–Crippen MR) is 85.9 cm³/mol. The molecular formula is C17H27N3O3. The normalized spacial score (nSPS) is 30.5. The summed E-state index contributed by atoms with van der Waals surface area (Å²) < 4.78 is 7.86. The maximum atomic E-state index is 12.6. The van der Waals surface area contributed by atoms with E-state index in [-0.39, 0.29) is 23.7 Å². The van der Waals surface area contributed by atoms with Gasteiger partial charge in [-0.15, -0.1) is 0 Å². The minimum atomic E-state index is -0.315. The Morgan fingerprint density at radius 1 is 1.52 bits per heavy atom. The highest BCUT2D eigenvalue weighted by atomic mass is 16.5. The third kappa shape index (κ3) is 3.15. The van der Waals surface area contributed by atoms with E-state index in [0.717, 1.165) is 44.6 Å². The molecule has 0 aromatic carbocycles. The van der Waals surface area contributed by atoms with E-state index in [4.69, 9.17) is 4.74 Å². The Bertz CT molecular complexity index is 559. The van der Waals surface area contributed by atoms with Gasteiger partial charge in [0.15, 0.2) is 0 Å². The van der Waals surface area contributed by atoms with E-state index in [2.05, 4.69) is 9.55 Å². The SMILES string of the molecule is CO[C@@]12CC[C@@H](O)C[C@@H]1N(C(=O)CCCn1ccnc1C)CC2. The number of nitrogens with zero attached hydrogens (tertiary/aromatic N) is 3. The summed E-state index contributed by atoms with van der Waals surface area (Å²) in [6.07, 6.45) is 7.89. The maximum Gasteiger partial charge on any atom is 0.222 e. The van der Waals surface area contributed by atoms with Gasteiger partial charge in [0.2, 0.25) is 5.91 Å². The Hall–Kier alpha value is -1.40. The van der Waals surface area contributed by atoms with E-state index in [1.807, 2.05) is 18.0 Å². The zero-order valence-corrected chi connectivity index (χ0v) is 14.1. The lowest BCUT2D eigenvalue weighted by atomic mass is 9.79. The molecule has 2 heterocycles. The average molecular weight is 321 g/mol. The molecule has 3 rings (SSSR count). The molecule has 0 radical (unpaired) electrons. The van der Waals surface area contributed by atoms with Crippen LogP contribution in [0.25, 0.3) is 0 Å². The second kappa shape index (κ2) is 6.61. The minimum absolute atomic E-state index is 0.0266. The van der Waals surface area contributed by atoms with Crippen LogP contribution in [0.5, 0.6) is 0 Å². The van der Waals surface area contributed by atoms with Crippen LogP contribution in [0.1, 0.15) is 44.3 Å². The summed E-state index contributed by atoms with van der Waals surface area (Å²) >= 11 is 0. The van der Waals surface area contributed by atoms with Gasteiger partial charge in [0, 0.05) is 39.0 Å². The van der Waals surface area contributed by atoms with Crippen molar-refractivity contribution in [3.63, 3.8) is 0 Å². The van der Waals surface area contributed by atoms with Crippen LogP contribution < -0.4 is 0 Å². The van der Waals surface area contributed by atoms with Crippen molar-refractivity contribution < 1.29 is 14.6 Å². The molecule has 1 N–H and O–H groups in total. The lowest BCUT2D eigenvalue weighted by molar-refractivity contribution is -0.140. The van der Waals surface area contributed by atoms with Crippen LogP contribution in [0.15, 0.2) is 12.4 Å². The van der Waals surface area contributed by atoms with Crippen molar-refractivity contribution in [3.8, 4) is 0 Å². The van der Waals surface area contributed by atoms with Crippen LogP contribution >= 0.6 is 0 Å². The molecule has 0 bridgehead atoms. The molecule has 6 heteroatoms. The summed E-state index contributed by atoms with van der Waals surface area (Å²) in [7, 11) is 1.74. The van der Waals surface area contributed by atoms with Crippen molar-refractivity contribution in [1.29, 1.82) is 0 Å². The van der Waals surface area contributed by atoms with E-state index in [0.29, 0.717) is 12.8 Å². The molecule has 1 aromatic rings. The van der Waals surface area contributed by atoms with Crippen LogP contribution in [0, 0.1) is 6.92 Å². The topological polar surface area (TPSA) is 67.6 Å². The smallest absolute Gasteiger partial charge is 0.222 e. The highest BCUT2D eigenvalue weighted by Crippen LogP contribution is 2.42. The zero-order valence-electron chi connectivity index (χ0n) is 14.1. The summed E-state index contributed by atoms with van der Waals surface area (Å²) in [6.45, 7) is 3.53. The van der Waals surface area contributed by atoms with Gasteiger partial charge >= 0.3 is 0 Å². The molecule has 1 aromatic heterocycles. The van der Waals surface area contributed by atoms with Crippen molar-refractivity contribution in [2.45, 2.75) is 69.7 Å². The number of fused-ring (bicyclic) bond motifs is 1. The second-order valence-corrected chi connectivity index (χ2v) is 6.82. The van der Waals surface area contributed by atoms with Gasteiger partial charge < -0.3 is 19.3 Å². The number of aromatic nitrogens is 2. The van der Waals surface area contributed by atoms with Gasteiger partial charge in [-0.2, -0.15) is 0 Å². The third-order valence-electron chi connectivity index (χ3n) is 5.60. The first kappa shape index (κ1) is 16.5. The minimum Gasteiger partial charge on any atom is -0.393 e. The van der Waals surface area contributed by atoms with Gasteiger partial charge in [-0.3, -0.25) is 4.79 Å². The molecule has 1 saturated heterocycles. The second-order valence-electron chi connectivity index (χ2n) is 6.82. The first-order valence-electron chi connectivity index (χ1n) is 8.56. The lowest BCUT2D eigenvalue weighted by Gasteiger charge is -2.42. The molecule has 2 fully saturated rings. The Morgan fingerprint density at radius 2 is 2.35 bits per heavy atom.